The number of cyclic esters (lactones) is 1. The number of carbonyl (C=O) groups is 1. The van der Waals surface area contributed by atoms with Gasteiger partial charge in [-0.3, -0.25) is 19.5 Å². The van der Waals surface area contributed by atoms with Crippen molar-refractivity contribution < 1.29 is 28.7 Å². The van der Waals surface area contributed by atoms with E-state index in [-0.39, 0.29) is 47.5 Å². The Morgan fingerprint density at radius 3 is 2.88 bits per heavy atom. The Morgan fingerprint density at radius 1 is 1.39 bits per heavy atom. The molecule has 2 aliphatic heterocycles. The molecule has 0 aliphatic carbocycles. The van der Waals surface area contributed by atoms with E-state index in [1.807, 2.05) is 0 Å². The summed E-state index contributed by atoms with van der Waals surface area (Å²) in [4.78, 5) is 41.3. The molecule has 0 bridgehead atoms. The molecule has 170 valence electrons. The number of halogens is 1. The lowest BCUT2D eigenvalue weighted by molar-refractivity contribution is -0.383. The molecular weight excluding hydrogens is 437 g/mol. The second-order valence-electron chi connectivity index (χ2n) is 7.83. The maximum absolute atomic E-state index is 13.5. The first-order valence-electron chi connectivity index (χ1n) is 10.3. The molecule has 10 nitrogen and oxygen atoms in total. The smallest absolute Gasteiger partial charge is 0.343 e. The molecule has 3 aromatic rings. The maximum Gasteiger partial charge on any atom is 0.343 e. The third kappa shape index (κ3) is 2.89. The minimum absolute atomic E-state index is 0.0201. The summed E-state index contributed by atoms with van der Waals surface area (Å²) in [6, 6.07) is 7.44. The minimum Gasteiger partial charge on any atom is -0.458 e. The average molecular weight is 455 g/mol. The van der Waals surface area contributed by atoms with Gasteiger partial charge in [0.05, 0.1) is 39.4 Å². The molecule has 0 spiro atoms. The van der Waals surface area contributed by atoms with Crippen LogP contribution in [0.15, 0.2) is 35.1 Å². The number of nitrogens with zero attached hydrogens (tertiary/aromatic N) is 3. The molecule has 0 radical (unpaired) electrons. The number of nitro groups is 1. The van der Waals surface area contributed by atoms with E-state index in [4.69, 9.17) is 9.47 Å². The molecule has 33 heavy (non-hydrogen) atoms. The summed E-state index contributed by atoms with van der Waals surface area (Å²) in [5, 5.41) is 22.7. The summed E-state index contributed by atoms with van der Waals surface area (Å²) in [5.74, 6) is -0.854. The lowest BCUT2D eigenvalue weighted by atomic mass is 9.86. The predicted molar refractivity (Wildman–Crippen MR) is 112 cm³/mol. The number of rotatable bonds is 5. The van der Waals surface area contributed by atoms with Crippen molar-refractivity contribution in [1.82, 2.24) is 9.55 Å². The van der Waals surface area contributed by atoms with Gasteiger partial charge < -0.3 is 14.6 Å². The van der Waals surface area contributed by atoms with Gasteiger partial charge in [0.1, 0.15) is 13.3 Å². The van der Waals surface area contributed by atoms with Gasteiger partial charge in [-0.2, -0.15) is 0 Å². The molecule has 0 amide bonds. The SMILES string of the molecule is CC[C@@]1(O)C(=O)OCc2c1cc1n(c2=O)C(OCCF)c2cc3c([N+](=O)[O-])cccc3nc2-1. The molecule has 2 aliphatic rings. The fourth-order valence-corrected chi connectivity index (χ4v) is 4.50. The topological polar surface area (TPSA) is 134 Å². The Labute approximate surface area is 185 Å². The van der Waals surface area contributed by atoms with Crippen LogP contribution in [0.3, 0.4) is 0 Å². The van der Waals surface area contributed by atoms with E-state index in [9.17, 15) is 29.2 Å². The molecule has 2 aromatic heterocycles. The number of aromatic nitrogens is 2. The van der Waals surface area contributed by atoms with Gasteiger partial charge in [0, 0.05) is 17.2 Å². The van der Waals surface area contributed by atoms with E-state index >= 15 is 0 Å². The van der Waals surface area contributed by atoms with Crippen molar-refractivity contribution in [1.29, 1.82) is 0 Å². The van der Waals surface area contributed by atoms with Crippen molar-refractivity contribution in [3.05, 3.63) is 67.5 Å². The highest BCUT2D eigenvalue weighted by atomic mass is 19.1. The van der Waals surface area contributed by atoms with Crippen LogP contribution < -0.4 is 5.56 Å². The number of fused-ring (bicyclic) bond motifs is 5. The van der Waals surface area contributed by atoms with Crippen LogP contribution in [0.5, 0.6) is 0 Å². The summed E-state index contributed by atoms with van der Waals surface area (Å²) >= 11 is 0. The summed E-state index contributed by atoms with van der Waals surface area (Å²) in [5.41, 5.74) is -1.34. The van der Waals surface area contributed by atoms with E-state index in [2.05, 4.69) is 4.98 Å². The average Bonchev–Trinajstić information content (AvgIpc) is 3.11. The van der Waals surface area contributed by atoms with Crippen molar-refractivity contribution in [2.24, 2.45) is 0 Å². The van der Waals surface area contributed by atoms with Gasteiger partial charge in [-0.25, -0.2) is 14.2 Å². The highest BCUT2D eigenvalue weighted by Crippen LogP contribution is 2.43. The van der Waals surface area contributed by atoms with E-state index in [1.54, 1.807) is 13.0 Å². The number of benzene rings is 1. The van der Waals surface area contributed by atoms with Gasteiger partial charge in [0.25, 0.3) is 11.2 Å². The first kappa shape index (κ1) is 21.2. The molecule has 4 heterocycles. The fourth-order valence-electron chi connectivity index (χ4n) is 4.50. The number of pyridine rings is 2. The Hall–Kier alpha value is -3.70. The molecule has 0 saturated heterocycles. The van der Waals surface area contributed by atoms with Gasteiger partial charge in [0.2, 0.25) is 0 Å². The van der Waals surface area contributed by atoms with Crippen LogP contribution in [0.2, 0.25) is 0 Å². The highest BCUT2D eigenvalue weighted by molar-refractivity contribution is 5.91. The molecule has 11 heteroatoms. The van der Waals surface area contributed by atoms with Crippen LogP contribution in [0.4, 0.5) is 10.1 Å². The molecule has 1 aromatic carbocycles. The van der Waals surface area contributed by atoms with Crippen LogP contribution >= 0.6 is 0 Å². The Kier molecular flexibility index (Phi) is 4.76. The molecule has 0 fully saturated rings. The van der Waals surface area contributed by atoms with E-state index in [0.717, 1.165) is 0 Å². The van der Waals surface area contributed by atoms with Crippen molar-refractivity contribution >= 4 is 22.6 Å². The lowest BCUT2D eigenvalue weighted by Crippen LogP contribution is -2.44. The molecular formula is C22H18FN3O7. The molecule has 2 atom stereocenters. The van der Waals surface area contributed by atoms with Gasteiger partial charge in [-0.15, -0.1) is 0 Å². The third-order valence-electron chi connectivity index (χ3n) is 6.14. The number of non-ortho nitro benzene ring substituents is 1. The predicted octanol–water partition coefficient (Wildman–Crippen LogP) is 2.47. The largest absolute Gasteiger partial charge is 0.458 e. The Balaban J connectivity index is 1.83. The van der Waals surface area contributed by atoms with E-state index < -0.39 is 35.0 Å². The standard InChI is InChI=1S/C22H18FN3O7/c1-2-22(29)14-9-17-18-12(8-11-15(24-18)4-3-5-16(11)26(30)31)20(32-7-6-23)25(17)19(27)13(14)10-33-21(22)28/h3-5,8-9,20,29H,2,6-7,10H2,1H3/t20?,22-/m0/s1. The van der Waals surface area contributed by atoms with Crippen LogP contribution in [-0.4, -0.2) is 38.8 Å². The number of aliphatic hydroxyl groups is 1. The normalized spacial score (nSPS) is 20.8. The van der Waals surface area contributed by atoms with E-state index in [0.29, 0.717) is 16.8 Å². The number of hydrogen-bond donors (Lipinski definition) is 1. The van der Waals surface area contributed by atoms with Crippen molar-refractivity contribution in [3.8, 4) is 11.4 Å². The molecule has 5 rings (SSSR count). The number of ether oxygens (including phenoxy) is 2. The van der Waals surface area contributed by atoms with Gasteiger partial charge in [-0.1, -0.05) is 13.0 Å². The molecule has 0 saturated carbocycles. The van der Waals surface area contributed by atoms with Crippen LogP contribution in [-0.2, 0) is 26.5 Å². The van der Waals surface area contributed by atoms with E-state index in [1.165, 1.54) is 28.8 Å². The number of esters is 1. The summed E-state index contributed by atoms with van der Waals surface area (Å²) < 4.78 is 24.9. The second-order valence-corrected chi connectivity index (χ2v) is 7.83. The van der Waals surface area contributed by atoms with Gasteiger partial charge in [-0.05, 0) is 24.6 Å². The number of nitro benzene ring substituents is 1. The van der Waals surface area contributed by atoms with Crippen molar-refractivity contribution in [2.45, 2.75) is 31.8 Å². The van der Waals surface area contributed by atoms with Crippen molar-refractivity contribution in [2.75, 3.05) is 13.3 Å². The van der Waals surface area contributed by atoms with Crippen LogP contribution in [0.25, 0.3) is 22.3 Å². The van der Waals surface area contributed by atoms with Crippen LogP contribution in [0.1, 0.15) is 36.3 Å². The summed E-state index contributed by atoms with van der Waals surface area (Å²) in [7, 11) is 0. The second kappa shape index (κ2) is 7.42. The highest BCUT2D eigenvalue weighted by Gasteiger charge is 2.46. The summed E-state index contributed by atoms with van der Waals surface area (Å²) in [6.07, 6.45) is -1.11. The minimum atomic E-state index is -2.00. The quantitative estimate of drug-likeness (QED) is 0.352. The zero-order valence-electron chi connectivity index (χ0n) is 17.4. The maximum atomic E-state index is 13.5. The van der Waals surface area contributed by atoms with Gasteiger partial charge in [0.15, 0.2) is 11.8 Å². The summed E-state index contributed by atoms with van der Waals surface area (Å²) in [6.45, 7) is 0.126. The van der Waals surface area contributed by atoms with Gasteiger partial charge >= 0.3 is 5.97 Å². The van der Waals surface area contributed by atoms with Crippen LogP contribution in [0, 0.1) is 10.1 Å². The zero-order chi connectivity index (χ0) is 23.5. The monoisotopic (exact) mass is 455 g/mol. The number of alkyl halides is 1. The first-order valence-corrected chi connectivity index (χ1v) is 10.3. The Bertz CT molecular complexity index is 1400. The Morgan fingerprint density at radius 2 is 2.18 bits per heavy atom. The molecule has 1 unspecified atom stereocenters. The first-order chi connectivity index (χ1) is 15.8. The number of hydrogen-bond acceptors (Lipinski definition) is 8. The zero-order valence-corrected chi connectivity index (χ0v) is 17.4. The van der Waals surface area contributed by atoms with Crippen molar-refractivity contribution in [3.63, 3.8) is 0 Å². The molecule has 1 N–H and O–H groups in total. The fraction of sp³-hybridized carbons (Fsp3) is 0.318. The lowest BCUT2D eigenvalue weighted by Gasteiger charge is -2.32. The number of carbonyl (C=O) groups excluding carboxylic acids is 1. The third-order valence-corrected chi connectivity index (χ3v) is 6.14.